The number of aliphatic hydroxyl groups is 1. The highest BCUT2D eigenvalue weighted by atomic mass is 16.3. The van der Waals surface area contributed by atoms with Crippen molar-refractivity contribution in [1.82, 2.24) is 10.3 Å². The SMILES string of the molecule is CCCCN(CCO)Cc1ccoc1C(=O)NN. The molecule has 1 rings (SSSR count). The number of aliphatic hydroxyl groups excluding tert-OH is 1. The predicted octanol–water partition coefficient (Wildman–Crippen LogP) is 0.478. The number of carbonyl (C=O) groups excluding carboxylic acids is 1. The van der Waals surface area contributed by atoms with Crippen LogP contribution in [0.5, 0.6) is 0 Å². The second-order valence-corrected chi connectivity index (χ2v) is 4.10. The highest BCUT2D eigenvalue weighted by Crippen LogP contribution is 2.13. The van der Waals surface area contributed by atoms with Gasteiger partial charge in [0.25, 0.3) is 0 Å². The number of amides is 1. The number of hydrogen-bond donors (Lipinski definition) is 3. The average molecular weight is 255 g/mol. The maximum Gasteiger partial charge on any atom is 0.301 e. The van der Waals surface area contributed by atoms with Crippen LogP contribution in [0.1, 0.15) is 35.9 Å². The predicted molar refractivity (Wildman–Crippen MR) is 67.6 cm³/mol. The molecule has 0 atom stereocenters. The topological polar surface area (TPSA) is 91.7 Å². The molecule has 0 saturated heterocycles. The van der Waals surface area contributed by atoms with Crippen LogP contribution in [-0.4, -0.2) is 35.6 Å². The van der Waals surface area contributed by atoms with Gasteiger partial charge in [0.05, 0.1) is 12.9 Å². The molecule has 1 aromatic heterocycles. The van der Waals surface area contributed by atoms with Gasteiger partial charge in [-0.2, -0.15) is 0 Å². The van der Waals surface area contributed by atoms with Crippen LogP contribution in [0.15, 0.2) is 16.7 Å². The van der Waals surface area contributed by atoms with Gasteiger partial charge in [0.15, 0.2) is 5.76 Å². The minimum Gasteiger partial charge on any atom is -0.459 e. The Hall–Kier alpha value is -1.37. The fourth-order valence-corrected chi connectivity index (χ4v) is 1.76. The Morgan fingerprint density at radius 2 is 2.33 bits per heavy atom. The molecule has 1 heterocycles. The van der Waals surface area contributed by atoms with E-state index < -0.39 is 5.91 Å². The zero-order chi connectivity index (χ0) is 13.4. The van der Waals surface area contributed by atoms with E-state index in [1.54, 1.807) is 6.07 Å². The minimum atomic E-state index is -0.436. The summed E-state index contributed by atoms with van der Waals surface area (Å²) >= 11 is 0. The summed E-state index contributed by atoms with van der Waals surface area (Å²) in [7, 11) is 0. The van der Waals surface area contributed by atoms with Gasteiger partial charge >= 0.3 is 5.91 Å². The molecule has 0 aromatic carbocycles. The maximum atomic E-state index is 11.5. The van der Waals surface area contributed by atoms with Crippen molar-refractivity contribution in [3.8, 4) is 0 Å². The molecule has 0 aliphatic heterocycles. The van der Waals surface area contributed by atoms with Crippen LogP contribution in [0, 0.1) is 0 Å². The molecule has 0 spiro atoms. The standard InChI is InChI=1S/C12H21N3O3/c1-2-3-5-15(6-7-16)9-10-4-8-18-11(10)12(17)14-13/h4,8,16H,2-3,5-7,9,13H2,1H3,(H,14,17). The second-order valence-electron chi connectivity index (χ2n) is 4.10. The van der Waals surface area contributed by atoms with Crippen LogP contribution in [0.3, 0.4) is 0 Å². The van der Waals surface area contributed by atoms with Crippen LogP contribution in [0.2, 0.25) is 0 Å². The number of hydrogen-bond acceptors (Lipinski definition) is 5. The molecule has 6 heteroatoms. The third-order valence-electron chi connectivity index (χ3n) is 2.72. The number of nitrogens with one attached hydrogen (secondary N) is 1. The lowest BCUT2D eigenvalue weighted by Gasteiger charge is -2.20. The van der Waals surface area contributed by atoms with E-state index in [4.69, 9.17) is 15.4 Å². The summed E-state index contributed by atoms with van der Waals surface area (Å²) in [5.41, 5.74) is 2.84. The number of rotatable bonds is 8. The van der Waals surface area contributed by atoms with Gasteiger partial charge in [-0.15, -0.1) is 0 Å². The highest BCUT2D eigenvalue weighted by Gasteiger charge is 2.16. The van der Waals surface area contributed by atoms with Crippen molar-refractivity contribution in [3.05, 3.63) is 23.7 Å². The molecule has 0 bridgehead atoms. The second kappa shape index (κ2) is 7.86. The van der Waals surface area contributed by atoms with Gasteiger partial charge in [-0.3, -0.25) is 15.1 Å². The number of nitrogen functional groups attached to an aromatic ring is 1. The Morgan fingerprint density at radius 1 is 1.56 bits per heavy atom. The van der Waals surface area contributed by atoms with Gasteiger partial charge < -0.3 is 9.52 Å². The Kier molecular flexibility index (Phi) is 6.42. The molecular weight excluding hydrogens is 234 g/mol. The first-order valence-electron chi connectivity index (χ1n) is 6.13. The molecule has 18 heavy (non-hydrogen) atoms. The fourth-order valence-electron chi connectivity index (χ4n) is 1.76. The third-order valence-corrected chi connectivity index (χ3v) is 2.72. The summed E-state index contributed by atoms with van der Waals surface area (Å²) < 4.78 is 5.12. The van der Waals surface area contributed by atoms with Gasteiger partial charge in [-0.25, -0.2) is 5.84 Å². The Bertz CT molecular complexity index is 365. The summed E-state index contributed by atoms with van der Waals surface area (Å²) in [6.45, 7) is 4.24. The molecule has 102 valence electrons. The third kappa shape index (κ3) is 4.14. The quantitative estimate of drug-likeness (QED) is 0.357. The van der Waals surface area contributed by atoms with E-state index in [2.05, 4.69) is 17.2 Å². The first kappa shape index (κ1) is 14.7. The van der Waals surface area contributed by atoms with Crippen LogP contribution in [-0.2, 0) is 6.54 Å². The van der Waals surface area contributed by atoms with Crippen LogP contribution in [0.4, 0.5) is 0 Å². The average Bonchev–Trinajstić information content (AvgIpc) is 2.83. The Morgan fingerprint density at radius 3 is 2.94 bits per heavy atom. The molecule has 0 radical (unpaired) electrons. The molecule has 6 nitrogen and oxygen atoms in total. The summed E-state index contributed by atoms with van der Waals surface area (Å²) in [6, 6.07) is 1.75. The highest BCUT2D eigenvalue weighted by molar-refractivity contribution is 5.92. The number of nitrogens with two attached hydrogens (primary N) is 1. The zero-order valence-corrected chi connectivity index (χ0v) is 10.7. The number of furan rings is 1. The van der Waals surface area contributed by atoms with E-state index in [9.17, 15) is 4.79 Å². The van der Waals surface area contributed by atoms with E-state index in [-0.39, 0.29) is 12.4 Å². The molecule has 1 amide bonds. The summed E-state index contributed by atoms with van der Waals surface area (Å²) in [5, 5.41) is 9.02. The van der Waals surface area contributed by atoms with Gasteiger partial charge in [0.2, 0.25) is 0 Å². The van der Waals surface area contributed by atoms with Gasteiger partial charge in [-0.05, 0) is 19.0 Å². The van der Waals surface area contributed by atoms with E-state index >= 15 is 0 Å². The van der Waals surface area contributed by atoms with E-state index in [0.717, 1.165) is 24.9 Å². The number of nitrogens with zero attached hydrogens (tertiary/aromatic N) is 1. The van der Waals surface area contributed by atoms with Crippen molar-refractivity contribution >= 4 is 5.91 Å². The number of carbonyl (C=O) groups is 1. The minimum absolute atomic E-state index is 0.0972. The Balaban J connectivity index is 2.67. The van der Waals surface area contributed by atoms with Gasteiger partial charge in [0.1, 0.15) is 0 Å². The van der Waals surface area contributed by atoms with Crippen LogP contribution in [0.25, 0.3) is 0 Å². The van der Waals surface area contributed by atoms with Crippen molar-refractivity contribution in [1.29, 1.82) is 0 Å². The van der Waals surface area contributed by atoms with Crippen molar-refractivity contribution in [2.24, 2.45) is 5.84 Å². The van der Waals surface area contributed by atoms with E-state index in [1.807, 2.05) is 0 Å². The van der Waals surface area contributed by atoms with Gasteiger partial charge in [0, 0.05) is 18.7 Å². The van der Waals surface area contributed by atoms with E-state index in [1.165, 1.54) is 6.26 Å². The maximum absolute atomic E-state index is 11.5. The monoisotopic (exact) mass is 255 g/mol. The van der Waals surface area contributed by atoms with E-state index in [0.29, 0.717) is 13.1 Å². The molecule has 0 aliphatic rings. The number of unbranched alkanes of at least 4 members (excludes halogenated alkanes) is 1. The summed E-state index contributed by atoms with van der Waals surface area (Å²) in [6.07, 6.45) is 3.61. The lowest BCUT2D eigenvalue weighted by atomic mass is 10.2. The lowest BCUT2D eigenvalue weighted by Crippen LogP contribution is -2.32. The van der Waals surface area contributed by atoms with Gasteiger partial charge in [-0.1, -0.05) is 13.3 Å². The molecule has 0 unspecified atom stereocenters. The summed E-state index contributed by atoms with van der Waals surface area (Å²) in [4.78, 5) is 13.5. The van der Waals surface area contributed by atoms with Crippen molar-refractivity contribution in [2.75, 3.05) is 19.7 Å². The molecule has 0 aliphatic carbocycles. The first-order valence-corrected chi connectivity index (χ1v) is 6.13. The molecule has 0 saturated carbocycles. The van der Waals surface area contributed by atoms with Crippen molar-refractivity contribution < 1.29 is 14.3 Å². The molecular formula is C12H21N3O3. The Labute approximate surface area is 107 Å². The lowest BCUT2D eigenvalue weighted by molar-refractivity contribution is 0.0922. The molecule has 4 N–H and O–H groups in total. The largest absolute Gasteiger partial charge is 0.459 e. The molecule has 0 fully saturated rings. The fraction of sp³-hybridized carbons (Fsp3) is 0.583. The summed E-state index contributed by atoms with van der Waals surface area (Å²) in [5.74, 6) is 4.89. The van der Waals surface area contributed by atoms with Crippen LogP contribution < -0.4 is 11.3 Å². The number of hydrazine groups is 1. The van der Waals surface area contributed by atoms with Crippen molar-refractivity contribution in [2.45, 2.75) is 26.3 Å². The van der Waals surface area contributed by atoms with Crippen molar-refractivity contribution in [3.63, 3.8) is 0 Å². The molecule has 1 aromatic rings. The zero-order valence-electron chi connectivity index (χ0n) is 10.7. The first-order chi connectivity index (χ1) is 8.72. The van der Waals surface area contributed by atoms with Crippen LogP contribution >= 0.6 is 0 Å². The normalized spacial score (nSPS) is 10.9. The smallest absolute Gasteiger partial charge is 0.301 e.